The number of aliphatic hydroxyl groups is 1. The zero-order valence-corrected chi connectivity index (χ0v) is 11.1. The van der Waals surface area contributed by atoms with Crippen LogP contribution in [0, 0.1) is 11.6 Å². The molecule has 0 spiro atoms. The lowest BCUT2D eigenvalue weighted by atomic mass is 10.0. The Balaban J connectivity index is 2.16. The molecule has 2 aromatic rings. The summed E-state index contributed by atoms with van der Waals surface area (Å²) in [4.78, 5) is 0. The van der Waals surface area contributed by atoms with Gasteiger partial charge in [-0.15, -0.1) is 0 Å². The SMILES string of the molecule is CCC(Oc1ccc(F)cc1F)C(O)c1ccccc1. The Bertz CT molecular complexity index is 558. The fourth-order valence-electron chi connectivity index (χ4n) is 1.97. The first-order chi connectivity index (χ1) is 9.61. The second-order valence-electron chi connectivity index (χ2n) is 4.49. The normalized spacial score (nSPS) is 13.8. The second-order valence-corrected chi connectivity index (χ2v) is 4.49. The molecule has 0 radical (unpaired) electrons. The van der Waals surface area contributed by atoms with Crippen molar-refractivity contribution in [2.24, 2.45) is 0 Å². The molecule has 0 fully saturated rings. The van der Waals surface area contributed by atoms with Gasteiger partial charge in [0.1, 0.15) is 18.0 Å². The van der Waals surface area contributed by atoms with Crippen molar-refractivity contribution in [2.45, 2.75) is 25.6 Å². The lowest BCUT2D eigenvalue weighted by Crippen LogP contribution is -2.25. The van der Waals surface area contributed by atoms with Crippen LogP contribution in [0.4, 0.5) is 8.78 Å². The lowest BCUT2D eigenvalue weighted by Gasteiger charge is -2.23. The van der Waals surface area contributed by atoms with Crippen LogP contribution in [0.1, 0.15) is 25.0 Å². The van der Waals surface area contributed by atoms with E-state index in [4.69, 9.17) is 4.74 Å². The molecule has 0 aliphatic rings. The molecule has 0 aromatic heterocycles. The Labute approximate surface area is 116 Å². The first-order valence-corrected chi connectivity index (χ1v) is 6.46. The fourth-order valence-corrected chi connectivity index (χ4v) is 1.97. The molecule has 0 heterocycles. The van der Waals surface area contributed by atoms with Gasteiger partial charge in [0.15, 0.2) is 11.6 Å². The minimum absolute atomic E-state index is 0.0618. The van der Waals surface area contributed by atoms with Crippen molar-refractivity contribution < 1.29 is 18.6 Å². The van der Waals surface area contributed by atoms with E-state index in [9.17, 15) is 13.9 Å². The highest BCUT2D eigenvalue weighted by Crippen LogP contribution is 2.26. The quantitative estimate of drug-likeness (QED) is 0.900. The lowest BCUT2D eigenvalue weighted by molar-refractivity contribution is 0.0308. The molecule has 0 saturated heterocycles. The van der Waals surface area contributed by atoms with E-state index in [-0.39, 0.29) is 5.75 Å². The molecule has 1 N–H and O–H groups in total. The Kier molecular flexibility index (Phi) is 4.69. The molecule has 0 aliphatic heterocycles. The van der Waals surface area contributed by atoms with Gasteiger partial charge < -0.3 is 9.84 Å². The molecule has 2 aromatic carbocycles. The first kappa shape index (κ1) is 14.5. The van der Waals surface area contributed by atoms with Gasteiger partial charge in [0, 0.05) is 6.07 Å². The molecule has 4 heteroatoms. The van der Waals surface area contributed by atoms with Gasteiger partial charge in [-0.05, 0) is 24.1 Å². The highest BCUT2D eigenvalue weighted by molar-refractivity contribution is 5.26. The highest BCUT2D eigenvalue weighted by Gasteiger charge is 2.22. The molecular weight excluding hydrogens is 262 g/mol. The monoisotopic (exact) mass is 278 g/mol. The van der Waals surface area contributed by atoms with Gasteiger partial charge in [-0.1, -0.05) is 37.3 Å². The van der Waals surface area contributed by atoms with Gasteiger partial charge >= 0.3 is 0 Å². The molecule has 2 atom stereocenters. The van der Waals surface area contributed by atoms with Gasteiger partial charge in [0.25, 0.3) is 0 Å². The number of halogens is 2. The van der Waals surface area contributed by atoms with E-state index in [2.05, 4.69) is 0 Å². The Morgan fingerprint density at radius 2 is 1.80 bits per heavy atom. The van der Waals surface area contributed by atoms with Crippen LogP contribution in [-0.4, -0.2) is 11.2 Å². The molecule has 2 unspecified atom stereocenters. The standard InChI is InChI=1S/C16H16F2O2/c1-2-14(16(19)11-6-4-3-5-7-11)20-15-9-8-12(17)10-13(15)18/h3-10,14,16,19H,2H2,1H3. The number of rotatable bonds is 5. The van der Waals surface area contributed by atoms with Gasteiger partial charge in [-0.25, -0.2) is 8.78 Å². The maximum Gasteiger partial charge on any atom is 0.167 e. The van der Waals surface area contributed by atoms with Gasteiger partial charge in [0.2, 0.25) is 0 Å². The van der Waals surface area contributed by atoms with E-state index >= 15 is 0 Å². The average molecular weight is 278 g/mol. The van der Waals surface area contributed by atoms with Crippen molar-refractivity contribution in [3.8, 4) is 5.75 Å². The van der Waals surface area contributed by atoms with Crippen LogP contribution in [0.3, 0.4) is 0 Å². The largest absolute Gasteiger partial charge is 0.484 e. The van der Waals surface area contributed by atoms with Crippen LogP contribution >= 0.6 is 0 Å². The molecule has 0 saturated carbocycles. The Hall–Kier alpha value is -1.94. The third-order valence-corrected chi connectivity index (χ3v) is 3.07. The summed E-state index contributed by atoms with van der Waals surface area (Å²) >= 11 is 0. The summed E-state index contributed by atoms with van der Waals surface area (Å²) in [6.45, 7) is 1.83. The molecule has 0 amide bonds. The molecule has 0 aliphatic carbocycles. The predicted molar refractivity (Wildman–Crippen MR) is 72.5 cm³/mol. The van der Waals surface area contributed by atoms with E-state index in [0.717, 1.165) is 12.1 Å². The Morgan fingerprint density at radius 3 is 2.40 bits per heavy atom. The minimum Gasteiger partial charge on any atom is -0.484 e. The number of aliphatic hydroxyl groups excluding tert-OH is 1. The van der Waals surface area contributed by atoms with E-state index in [1.165, 1.54) is 6.07 Å². The van der Waals surface area contributed by atoms with Crippen LogP contribution in [0.5, 0.6) is 5.75 Å². The van der Waals surface area contributed by atoms with Crippen molar-refractivity contribution in [1.29, 1.82) is 0 Å². The van der Waals surface area contributed by atoms with E-state index in [0.29, 0.717) is 12.0 Å². The molecule has 20 heavy (non-hydrogen) atoms. The van der Waals surface area contributed by atoms with Crippen LogP contribution in [-0.2, 0) is 0 Å². The van der Waals surface area contributed by atoms with Gasteiger partial charge in [0.05, 0.1) is 0 Å². The number of hydrogen-bond donors (Lipinski definition) is 1. The average Bonchev–Trinajstić information content (AvgIpc) is 2.47. The predicted octanol–water partition coefficient (Wildman–Crippen LogP) is 3.86. The molecule has 0 bridgehead atoms. The van der Waals surface area contributed by atoms with Crippen LogP contribution in [0.15, 0.2) is 48.5 Å². The van der Waals surface area contributed by atoms with Crippen LogP contribution in [0.25, 0.3) is 0 Å². The minimum atomic E-state index is -0.870. The zero-order valence-electron chi connectivity index (χ0n) is 11.1. The van der Waals surface area contributed by atoms with E-state index in [1.807, 2.05) is 25.1 Å². The summed E-state index contributed by atoms with van der Waals surface area (Å²) in [7, 11) is 0. The summed E-state index contributed by atoms with van der Waals surface area (Å²) < 4.78 is 31.9. The number of ether oxygens (including phenoxy) is 1. The summed E-state index contributed by atoms with van der Waals surface area (Å²) in [5, 5.41) is 10.3. The zero-order chi connectivity index (χ0) is 14.5. The van der Waals surface area contributed by atoms with Crippen molar-refractivity contribution in [3.63, 3.8) is 0 Å². The summed E-state index contributed by atoms with van der Waals surface area (Å²) in [5.74, 6) is -1.50. The van der Waals surface area contributed by atoms with Crippen molar-refractivity contribution in [1.82, 2.24) is 0 Å². The Morgan fingerprint density at radius 1 is 1.10 bits per heavy atom. The van der Waals surface area contributed by atoms with Crippen molar-refractivity contribution >= 4 is 0 Å². The molecule has 2 nitrogen and oxygen atoms in total. The maximum absolute atomic E-state index is 13.6. The first-order valence-electron chi connectivity index (χ1n) is 6.46. The molecule has 106 valence electrons. The number of hydrogen-bond acceptors (Lipinski definition) is 2. The smallest absolute Gasteiger partial charge is 0.167 e. The molecular formula is C16H16F2O2. The third kappa shape index (κ3) is 3.33. The summed E-state index contributed by atoms with van der Waals surface area (Å²) in [5.41, 5.74) is 0.696. The number of benzene rings is 2. The van der Waals surface area contributed by atoms with Gasteiger partial charge in [-0.2, -0.15) is 0 Å². The highest BCUT2D eigenvalue weighted by atomic mass is 19.1. The van der Waals surface area contributed by atoms with Crippen molar-refractivity contribution in [3.05, 3.63) is 65.7 Å². The third-order valence-electron chi connectivity index (χ3n) is 3.07. The second kappa shape index (κ2) is 6.48. The van der Waals surface area contributed by atoms with Crippen LogP contribution in [0.2, 0.25) is 0 Å². The topological polar surface area (TPSA) is 29.5 Å². The summed E-state index contributed by atoms with van der Waals surface area (Å²) in [6.07, 6.45) is -0.976. The summed E-state index contributed by atoms with van der Waals surface area (Å²) in [6, 6.07) is 12.1. The maximum atomic E-state index is 13.6. The van der Waals surface area contributed by atoms with E-state index in [1.54, 1.807) is 12.1 Å². The van der Waals surface area contributed by atoms with Crippen LogP contribution < -0.4 is 4.74 Å². The van der Waals surface area contributed by atoms with Crippen molar-refractivity contribution in [2.75, 3.05) is 0 Å². The fraction of sp³-hybridized carbons (Fsp3) is 0.250. The van der Waals surface area contributed by atoms with E-state index < -0.39 is 23.8 Å². The van der Waals surface area contributed by atoms with Gasteiger partial charge in [-0.3, -0.25) is 0 Å². The molecule has 2 rings (SSSR count).